The SMILES string of the molecule is CC(C)C[C@H](NC(=O)[C@@H](N)CCCN=C(N)N)C(=O)N1CCC[C@H]1C(=O)NCC(=O)N[C@@H](CS)C(=O)N1CCC[C@H]1C(=O)N[C@@H](CCCN=C(N)N)C(=O)O. The van der Waals surface area contributed by atoms with Crippen molar-refractivity contribution in [2.45, 2.75) is 108 Å². The lowest BCUT2D eigenvalue weighted by molar-refractivity contribution is -0.144. The van der Waals surface area contributed by atoms with Crippen LogP contribution in [0.3, 0.4) is 0 Å². The predicted octanol–water partition coefficient (Wildman–Crippen LogP) is -3.97. The van der Waals surface area contributed by atoms with Gasteiger partial charge in [0, 0.05) is 31.9 Å². The summed E-state index contributed by atoms with van der Waals surface area (Å²) in [7, 11) is 0. The van der Waals surface area contributed by atoms with Crippen molar-refractivity contribution in [1.82, 2.24) is 31.1 Å². The fraction of sp³-hybridized carbons (Fsp3) is 0.727. The zero-order valence-electron chi connectivity index (χ0n) is 31.6. The molecule has 0 aromatic rings. The third kappa shape index (κ3) is 15.4. The minimum atomic E-state index is -1.25. The highest BCUT2D eigenvalue weighted by molar-refractivity contribution is 7.80. The molecule has 310 valence electrons. The zero-order valence-corrected chi connectivity index (χ0v) is 32.5. The van der Waals surface area contributed by atoms with Gasteiger partial charge in [0.25, 0.3) is 0 Å². The standard InChI is InChI=1S/C33H59N13O8S/c1-18(2)15-21(44-26(48)19(34)7-3-11-39-32(35)36)29(51)45-13-5-9-23(45)27(49)41-16-25(47)42-22(17-55)30(52)46-14-6-10-24(46)28(50)43-20(31(53)54)8-4-12-40-33(37)38/h18-24,55H,3-17,34H2,1-2H3,(H,41,49)(H,42,47)(H,43,50)(H,44,48)(H,53,54)(H4,35,36,39)(H4,37,38,40)/t19-,20-,21-,22-,23-,24-/m0/s1. The van der Waals surface area contributed by atoms with Gasteiger partial charge in [0.1, 0.15) is 30.2 Å². The summed E-state index contributed by atoms with van der Waals surface area (Å²) < 4.78 is 0. The third-order valence-corrected chi connectivity index (χ3v) is 9.47. The number of nitrogens with zero attached hydrogens (tertiary/aromatic N) is 4. The molecule has 15 N–H and O–H groups in total. The van der Waals surface area contributed by atoms with Gasteiger partial charge in [-0.15, -0.1) is 0 Å². The molecule has 0 radical (unpaired) electrons. The van der Waals surface area contributed by atoms with E-state index in [9.17, 15) is 38.7 Å². The van der Waals surface area contributed by atoms with Crippen molar-refractivity contribution in [1.29, 1.82) is 0 Å². The molecule has 0 aliphatic carbocycles. The van der Waals surface area contributed by atoms with Gasteiger partial charge in [-0.1, -0.05) is 13.8 Å². The first-order valence-corrected chi connectivity index (χ1v) is 19.1. The summed E-state index contributed by atoms with van der Waals surface area (Å²) in [6.45, 7) is 4.22. The number of nitrogens with two attached hydrogens (primary N) is 5. The Kier molecular flexibility index (Phi) is 19.5. The highest BCUT2D eigenvalue weighted by Gasteiger charge is 2.40. The first-order valence-electron chi connectivity index (χ1n) is 18.5. The van der Waals surface area contributed by atoms with Crippen molar-refractivity contribution in [2.75, 3.05) is 38.5 Å². The number of carbonyl (C=O) groups excluding carboxylic acids is 6. The van der Waals surface area contributed by atoms with Crippen LogP contribution in [0.1, 0.15) is 71.6 Å². The molecule has 0 bridgehead atoms. The van der Waals surface area contributed by atoms with Crippen LogP contribution in [0.2, 0.25) is 0 Å². The van der Waals surface area contributed by atoms with Gasteiger partial charge >= 0.3 is 5.97 Å². The second-order valence-corrected chi connectivity index (χ2v) is 14.4. The van der Waals surface area contributed by atoms with E-state index in [0.717, 1.165) is 0 Å². The van der Waals surface area contributed by atoms with Crippen LogP contribution in [0.4, 0.5) is 0 Å². The molecule has 0 spiro atoms. The minimum absolute atomic E-state index is 0.0215. The molecule has 6 amide bonds. The largest absolute Gasteiger partial charge is 0.480 e. The second-order valence-electron chi connectivity index (χ2n) is 14.0. The maximum Gasteiger partial charge on any atom is 0.326 e. The molecule has 0 unspecified atom stereocenters. The molecule has 0 aromatic heterocycles. The number of carboxylic acid groups (broad SMARTS) is 1. The van der Waals surface area contributed by atoms with Crippen molar-refractivity contribution in [3.8, 4) is 0 Å². The Balaban J connectivity index is 1.98. The van der Waals surface area contributed by atoms with Gasteiger partial charge in [-0.25, -0.2) is 4.79 Å². The van der Waals surface area contributed by atoms with Gasteiger partial charge in [0.05, 0.1) is 12.6 Å². The number of hydrogen-bond acceptors (Lipinski definition) is 11. The Hall–Kier alpha value is -4.86. The summed E-state index contributed by atoms with van der Waals surface area (Å²) in [5, 5.41) is 19.9. The van der Waals surface area contributed by atoms with E-state index in [1.54, 1.807) is 0 Å². The maximum atomic E-state index is 13.7. The summed E-state index contributed by atoms with van der Waals surface area (Å²) in [6.07, 6.45) is 3.00. The molecule has 2 aliphatic rings. The topological polar surface area (TPSA) is 349 Å². The molecule has 21 nitrogen and oxygen atoms in total. The van der Waals surface area contributed by atoms with Crippen molar-refractivity contribution in [2.24, 2.45) is 44.6 Å². The molecule has 22 heteroatoms. The third-order valence-electron chi connectivity index (χ3n) is 9.10. The lowest BCUT2D eigenvalue weighted by Crippen LogP contribution is -2.57. The molecule has 2 aliphatic heterocycles. The first-order chi connectivity index (χ1) is 26.0. The quantitative estimate of drug-likeness (QED) is 0.0216. The number of aliphatic imine (C=N–C) groups is 2. The number of rotatable bonds is 22. The van der Waals surface area contributed by atoms with Crippen molar-refractivity contribution < 1.29 is 38.7 Å². The van der Waals surface area contributed by atoms with Crippen LogP contribution in [-0.4, -0.2) is 143 Å². The van der Waals surface area contributed by atoms with Crippen molar-refractivity contribution >= 4 is 66.0 Å². The Labute approximate surface area is 326 Å². The Morgan fingerprint density at radius 1 is 0.764 bits per heavy atom. The summed E-state index contributed by atoms with van der Waals surface area (Å²) in [5.74, 6) is -5.05. The van der Waals surface area contributed by atoms with E-state index in [-0.39, 0.29) is 68.9 Å². The number of thiol groups is 1. The second kappa shape index (κ2) is 23.1. The van der Waals surface area contributed by atoms with Crippen LogP contribution in [0.15, 0.2) is 9.98 Å². The molecule has 2 saturated heterocycles. The number of guanidine groups is 2. The van der Waals surface area contributed by atoms with Gasteiger partial charge < -0.3 is 64.8 Å². The van der Waals surface area contributed by atoms with Gasteiger partial charge in [-0.3, -0.25) is 38.8 Å². The van der Waals surface area contributed by atoms with Crippen LogP contribution in [0.25, 0.3) is 0 Å². The smallest absolute Gasteiger partial charge is 0.326 e. The fourth-order valence-corrected chi connectivity index (χ4v) is 6.62. The number of nitrogens with one attached hydrogen (secondary N) is 4. The monoisotopic (exact) mass is 797 g/mol. The summed E-state index contributed by atoms with van der Waals surface area (Å²) in [6, 6.07) is -6.08. The van der Waals surface area contributed by atoms with E-state index in [1.165, 1.54) is 9.80 Å². The Morgan fingerprint density at radius 2 is 1.29 bits per heavy atom. The van der Waals surface area contributed by atoms with Gasteiger partial charge in [0.15, 0.2) is 11.9 Å². The average Bonchev–Trinajstić information content (AvgIpc) is 3.82. The molecular weight excluding hydrogens is 739 g/mol. The number of carbonyl (C=O) groups is 7. The average molecular weight is 798 g/mol. The van der Waals surface area contributed by atoms with Crippen LogP contribution in [0.5, 0.6) is 0 Å². The van der Waals surface area contributed by atoms with Crippen molar-refractivity contribution in [3.63, 3.8) is 0 Å². The number of hydrogen-bond donors (Lipinski definition) is 11. The molecule has 0 saturated carbocycles. The normalized spacial score (nSPS) is 18.7. The molecule has 0 aromatic carbocycles. The molecular formula is C33H59N13O8S. The van der Waals surface area contributed by atoms with E-state index in [0.29, 0.717) is 38.6 Å². The fourth-order valence-electron chi connectivity index (χ4n) is 6.37. The zero-order chi connectivity index (χ0) is 41.2. The predicted molar refractivity (Wildman–Crippen MR) is 207 cm³/mol. The maximum absolute atomic E-state index is 13.7. The Bertz CT molecular complexity index is 1420. The lowest BCUT2D eigenvalue weighted by Gasteiger charge is -2.30. The number of amides is 6. The van der Waals surface area contributed by atoms with Gasteiger partial charge in [0.2, 0.25) is 35.4 Å². The van der Waals surface area contributed by atoms with Crippen LogP contribution < -0.4 is 49.9 Å². The van der Waals surface area contributed by atoms with Crippen LogP contribution >= 0.6 is 12.6 Å². The van der Waals surface area contributed by atoms with Crippen LogP contribution in [-0.2, 0) is 33.6 Å². The number of aliphatic carboxylic acids is 1. The van der Waals surface area contributed by atoms with Crippen molar-refractivity contribution in [3.05, 3.63) is 0 Å². The van der Waals surface area contributed by atoms with E-state index in [2.05, 4.69) is 43.9 Å². The van der Waals surface area contributed by atoms with E-state index in [4.69, 9.17) is 28.7 Å². The molecule has 55 heavy (non-hydrogen) atoms. The molecule has 2 heterocycles. The molecule has 2 rings (SSSR count). The first kappa shape index (κ1) is 46.3. The van der Waals surface area contributed by atoms with Crippen LogP contribution in [0, 0.1) is 5.92 Å². The number of likely N-dealkylation sites (tertiary alicyclic amines) is 2. The van der Waals surface area contributed by atoms with E-state index >= 15 is 0 Å². The lowest BCUT2D eigenvalue weighted by atomic mass is 10.0. The summed E-state index contributed by atoms with van der Waals surface area (Å²) >= 11 is 4.22. The molecule has 6 atom stereocenters. The summed E-state index contributed by atoms with van der Waals surface area (Å²) in [4.78, 5) is 102. The Morgan fingerprint density at radius 3 is 1.80 bits per heavy atom. The van der Waals surface area contributed by atoms with E-state index in [1.807, 2.05) is 13.8 Å². The number of carboxylic acids is 1. The summed E-state index contributed by atoms with van der Waals surface area (Å²) in [5.41, 5.74) is 27.3. The molecule has 2 fully saturated rings. The minimum Gasteiger partial charge on any atom is -0.480 e. The highest BCUT2D eigenvalue weighted by Crippen LogP contribution is 2.22. The van der Waals surface area contributed by atoms with Gasteiger partial charge in [-0.2, -0.15) is 12.6 Å². The van der Waals surface area contributed by atoms with E-state index < -0.39 is 84.2 Å². The highest BCUT2D eigenvalue weighted by atomic mass is 32.1. The van der Waals surface area contributed by atoms with Gasteiger partial charge in [-0.05, 0) is 63.7 Å².